The van der Waals surface area contributed by atoms with Gasteiger partial charge in [0.1, 0.15) is 0 Å². The second-order valence-corrected chi connectivity index (χ2v) is 18.3. The predicted molar refractivity (Wildman–Crippen MR) is 244 cm³/mol. The molecule has 0 saturated heterocycles. The lowest BCUT2D eigenvalue weighted by Crippen LogP contribution is -2.19. The van der Waals surface area contributed by atoms with Gasteiger partial charge in [0.05, 0.1) is 38.7 Å². The molecule has 1 N–H and O–H groups in total. The van der Waals surface area contributed by atoms with Crippen molar-refractivity contribution in [3.05, 3.63) is 206 Å². The highest BCUT2D eigenvalue weighted by Gasteiger charge is 2.18. The highest BCUT2D eigenvalue weighted by atomic mass is 35.5. The minimum Gasteiger partial charge on any atom is -0.311 e. The number of nitrogens with zero attached hydrogens (tertiary/aromatic N) is 7. The number of hydrogen-bond acceptors (Lipinski definition) is 10. The Hall–Kier alpha value is -6.03. The molecule has 306 valence electrons. The maximum absolute atomic E-state index is 13.1. The number of H-pyrrole nitrogens is 1. The first kappa shape index (κ1) is 41.7. The fourth-order valence-electron chi connectivity index (χ4n) is 6.51. The number of aromatic amines is 1. The lowest BCUT2D eigenvalue weighted by Gasteiger charge is -2.06. The Bertz CT molecular complexity index is 2990. The van der Waals surface area contributed by atoms with Gasteiger partial charge in [-0.1, -0.05) is 35.3 Å². The Labute approximate surface area is 372 Å². The fraction of sp³-hybridized carbons (Fsp3) is 0.133. The minimum atomic E-state index is -0.184. The average molecular weight is 904 g/mol. The van der Waals surface area contributed by atoms with E-state index >= 15 is 0 Å². The van der Waals surface area contributed by atoms with Gasteiger partial charge in [0.25, 0.3) is 17.0 Å². The van der Waals surface area contributed by atoms with E-state index in [1.807, 2.05) is 83.6 Å². The number of hydrogen-bond donors (Lipinski definition) is 1. The van der Waals surface area contributed by atoms with E-state index in [0.717, 1.165) is 66.6 Å². The summed E-state index contributed by atoms with van der Waals surface area (Å²) >= 11 is 16.6. The SMILES string of the molecule is O=C(c1ccsc1)n1nc(-c2ccn(Cc3cccnc3)c(=O)c2)cc1CCc1ccc(Cl)s1.O=c1cc(-c2cc(CCc3ccc(Cl)s3)[nH]n2)ccn1Cc1cccnc1. The first-order chi connectivity index (χ1) is 29.7. The van der Waals surface area contributed by atoms with Crippen LogP contribution in [0.4, 0.5) is 0 Å². The van der Waals surface area contributed by atoms with Gasteiger partial charge >= 0.3 is 0 Å². The topological polar surface area (TPSA) is 133 Å². The normalized spacial score (nSPS) is 11.0. The number of nitrogens with one attached hydrogen (secondary N) is 1. The third-order valence-corrected chi connectivity index (χ3v) is 12.9. The van der Waals surface area contributed by atoms with Crippen molar-refractivity contribution in [2.45, 2.75) is 38.8 Å². The van der Waals surface area contributed by atoms with Crippen molar-refractivity contribution in [3.8, 4) is 22.5 Å². The summed E-state index contributed by atoms with van der Waals surface area (Å²) in [4.78, 5) is 48.9. The number of thiophene rings is 3. The summed E-state index contributed by atoms with van der Waals surface area (Å²) in [7, 11) is 0. The second kappa shape index (κ2) is 19.6. The largest absolute Gasteiger partial charge is 0.311 e. The molecule has 0 amide bonds. The van der Waals surface area contributed by atoms with Gasteiger partial charge in [-0.25, -0.2) is 4.68 Å². The standard InChI is InChI=1S/C25H19ClN4O2S2.C20H17ClN4OS/c26-23-6-5-21(34-23)4-3-20-13-22(28-30(20)25(32)19-8-11-33-16-19)18-7-10-29(24(31)12-18)15-17-2-1-9-27-14-17;21-19-6-5-17(27-19)4-3-16-11-18(24-23-16)15-7-9-25(20(26)10-15)13-14-2-1-8-22-12-14/h1-2,5-14,16H,3-4,15H2;1-2,5-12H,3-4,13H2,(H,23,24). The van der Waals surface area contributed by atoms with E-state index in [9.17, 15) is 14.4 Å². The molecular weight excluding hydrogens is 868 g/mol. The van der Waals surface area contributed by atoms with Crippen LogP contribution in [0.2, 0.25) is 8.67 Å². The van der Waals surface area contributed by atoms with Crippen LogP contribution in [0.3, 0.4) is 0 Å². The third kappa shape index (κ3) is 10.8. The maximum atomic E-state index is 13.1. The Kier molecular flexibility index (Phi) is 13.4. The summed E-state index contributed by atoms with van der Waals surface area (Å²) in [5.74, 6) is -0.184. The maximum Gasteiger partial charge on any atom is 0.279 e. The molecule has 0 atom stereocenters. The molecule has 9 aromatic rings. The van der Waals surface area contributed by atoms with Gasteiger partial charge in [0.15, 0.2) is 0 Å². The molecule has 16 heteroatoms. The van der Waals surface area contributed by atoms with E-state index in [1.54, 1.807) is 75.9 Å². The van der Waals surface area contributed by atoms with E-state index in [2.05, 4.69) is 25.3 Å². The number of rotatable bonds is 13. The van der Waals surface area contributed by atoms with E-state index in [0.29, 0.717) is 36.3 Å². The summed E-state index contributed by atoms with van der Waals surface area (Å²) in [6, 6.07) is 28.0. The van der Waals surface area contributed by atoms with Crippen molar-refractivity contribution in [3.63, 3.8) is 0 Å². The van der Waals surface area contributed by atoms with Gasteiger partial charge in [-0.3, -0.25) is 29.5 Å². The van der Waals surface area contributed by atoms with Gasteiger partial charge in [-0.2, -0.15) is 21.5 Å². The van der Waals surface area contributed by atoms with Crippen LogP contribution in [-0.4, -0.2) is 45.0 Å². The molecule has 0 aliphatic carbocycles. The number of carbonyl (C=O) groups excluding carboxylic acids is 1. The minimum absolute atomic E-state index is 0.0610. The molecule has 0 fully saturated rings. The molecule has 0 bridgehead atoms. The third-order valence-electron chi connectivity index (χ3n) is 9.64. The summed E-state index contributed by atoms with van der Waals surface area (Å²) in [6.07, 6.45) is 13.6. The molecule has 9 heterocycles. The summed E-state index contributed by atoms with van der Waals surface area (Å²) in [5.41, 5.74) is 6.99. The molecule has 0 saturated carbocycles. The smallest absolute Gasteiger partial charge is 0.279 e. The van der Waals surface area contributed by atoms with Gasteiger partial charge in [0.2, 0.25) is 0 Å². The van der Waals surface area contributed by atoms with Crippen LogP contribution >= 0.6 is 57.2 Å². The fourth-order valence-corrected chi connectivity index (χ4v) is 9.32. The molecule has 0 spiro atoms. The Morgan fingerprint density at radius 3 is 1.80 bits per heavy atom. The zero-order valence-corrected chi connectivity index (χ0v) is 36.3. The molecule has 11 nitrogen and oxygen atoms in total. The van der Waals surface area contributed by atoms with E-state index in [1.165, 1.54) is 32.2 Å². The number of aromatic nitrogens is 8. The van der Waals surface area contributed by atoms with E-state index in [4.69, 9.17) is 23.2 Å². The molecule has 9 aromatic heterocycles. The van der Waals surface area contributed by atoms with Gasteiger partial charge in [-0.05, 0) is 109 Å². The Morgan fingerprint density at radius 2 is 1.28 bits per heavy atom. The Balaban J connectivity index is 0.000000173. The summed E-state index contributed by atoms with van der Waals surface area (Å²) in [6.45, 7) is 0.939. The quantitative estimate of drug-likeness (QED) is 0.122. The molecule has 0 aliphatic heterocycles. The molecule has 0 radical (unpaired) electrons. The van der Waals surface area contributed by atoms with Crippen molar-refractivity contribution in [1.29, 1.82) is 0 Å². The Morgan fingerprint density at radius 1 is 0.672 bits per heavy atom. The zero-order chi connectivity index (χ0) is 42.1. The van der Waals surface area contributed by atoms with Crippen LogP contribution < -0.4 is 11.1 Å². The van der Waals surface area contributed by atoms with Crippen molar-refractivity contribution < 1.29 is 4.79 Å². The van der Waals surface area contributed by atoms with Crippen LogP contribution in [-0.2, 0) is 38.8 Å². The van der Waals surface area contributed by atoms with Crippen LogP contribution in [0.5, 0.6) is 0 Å². The predicted octanol–water partition coefficient (Wildman–Crippen LogP) is 9.59. The molecule has 61 heavy (non-hydrogen) atoms. The van der Waals surface area contributed by atoms with Crippen molar-refractivity contribution >= 4 is 63.1 Å². The number of aryl methyl sites for hydroxylation is 4. The second-order valence-electron chi connectivity index (χ2n) is 13.9. The monoisotopic (exact) mass is 902 g/mol. The summed E-state index contributed by atoms with van der Waals surface area (Å²) < 4.78 is 6.28. The molecule has 0 unspecified atom stereocenters. The highest BCUT2D eigenvalue weighted by Crippen LogP contribution is 2.26. The number of halogens is 2. The van der Waals surface area contributed by atoms with Gasteiger partial charge in [-0.15, -0.1) is 22.7 Å². The van der Waals surface area contributed by atoms with E-state index in [-0.39, 0.29) is 17.0 Å². The molecule has 0 aromatic carbocycles. The van der Waals surface area contributed by atoms with Gasteiger partial charge in [0, 0.05) is 87.0 Å². The van der Waals surface area contributed by atoms with Crippen LogP contribution in [0.1, 0.15) is 42.6 Å². The zero-order valence-electron chi connectivity index (χ0n) is 32.4. The van der Waals surface area contributed by atoms with Crippen LogP contribution in [0.25, 0.3) is 22.5 Å². The van der Waals surface area contributed by atoms with E-state index < -0.39 is 0 Å². The number of carbonyl (C=O) groups is 1. The van der Waals surface area contributed by atoms with Crippen molar-refractivity contribution in [2.24, 2.45) is 0 Å². The lowest BCUT2D eigenvalue weighted by atomic mass is 10.1. The molecule has 0 aliphatic rings. The van der Waals surface area contributed by atoms with Crippen LogP contribution in [0, 0.1) is 0 Å². The average Bonchev–Trinajstić information content (AvgIpc) is 4.14. The molecule has 9 rings (SSSR count). The van der Waals surface area contributed by atoms with Crippen LogP contribution in [0.15, 0.2) is 149 Å². The lowest BCUT2D eigenvalue weighted by molar-refractivity contribution is 0.0942. The number of pyridine rings is 4. The molecular formula is C45H36Cl2N8O3S3. The highest BCUT2D eigenvalue weighted by molar-refractivity contribution is 7.16. The van der Waals surface area contributed by atoms with Crippen molar-refractivity contribution in [1.82, 2.24) is 39.1 Å². The van der Waals surface area contributed by atoms with Gasteiger partial charge < -0.3 is 9.13 Å². The summed E-state index contributed by atoms with van der Waals surface area (Å²) in [5, 5.41) is 15.7. The first-order valence-electron chi connectivity index (χ1n) is 19.1. The van der Waals surface area contributed by atoms with Crippen molar-refractivity contribution in [2.75, 3.05) is 0 Å². The first-order valence-corrected chi connectivity index (χ1v) is 22.5.